The van der Waals surface area contributed by atoms with Crippen molar-refractivity contribution in [1.82, 2.24) is 10.6 Å². The molecule has 0 aliphatic carbocycles. The maximum absolute atomic E-state index is 12.1. The van der Waals surface area contributed by atoms with Crippen LogP contribution >= 0.6 is 28.3 Å². The van der Waals surface area contributed by atoms with Crippen molar-refractivity contribution in [3.05, 3.63) is 33.8 Å². The van der Waals surface area contributed by atoms with Crippen molar-refractivity contribution in [1.29, 1.82) is 0 Å². The van der Waals surface area contributed by atoms with Crippen molar-refractivity contribution in [2.24, 2.45) is 0 Å². The molecule has 0 saturated carbocycles. The van der Waals surface area contributed by atoms with Gasteiger partial charge in [-0.1, -0.05) is 6.07 Å². The van der Waals surface area contributed by atoms with Crippen LogP contribution in [0.4, 0.5) is 0 Å². The maximum atomic E-state index is 12.1. The Labute approximate surface area is 122 Å². The van der Waals surface area contributed by atoms with Gasteiger partial charge in [0.05, 0.1) is 5.56 Å². The van der Waals surface area contributed by atoms with Gasteiger partial charge in [0.15, 0.2) is 0 Å². The Kier molecular flexibility index (Phi) is 6.12. The van der Waals surface area contributed by atoms with Crippen LogP contribution in [0, 0.1) is 6.92 Å². The maximum Gasteiger partial charge on any atom is 0.252 e. The molecular weight excluding hydrogens is 316 g/mol. The highest BCUT2D eigenvalue weighted by Gasteiger charge is 2.17. The van der Waals surface area contributed by atoms with Gasteiger partial charge in [0.2, 0.25) is 0 Å². The monoisotopic (exact) mass is 332 g/mol. The fourth-order valence-corrected chi connectivity index (χ4v) is 2.72. The molecule has 1 aromatic carbocycles. The quantitative estimate of drug-likeness (QED) is 0.873. The number of piperidine rings is 1. The highest BCUT2D eigenvalue weighted by molar-refractivity contribution is 9.10. The number of hydrogen-bond acceptors (Lipinski definition) is 2. The molecule has 100 valence electrons. The van der Waals surface area contributed by atoms with Crippen LogP contribution in [0.15, 0.2) is 22.7 Å². The highest BCUT2D eigenvalue weighted by atomic mass is 79.9. The van der Waals surface area contributed by atoms with Crippen LogP contribution in [0.5, 0.6) is 0 Å². The molecule has 18 heavy (non-hydrogen) atoms. The number of amides is 1. The molecule has 1 saturated heterocycles. The molecular formula is C13H18BrClN2O. The molecule has 1 atom stereocenters. The van der Waals surface area contributed by atoms with Gasteiger partial charge in [-0.3, -0.25) is 4.79 Å². The molecule has 1 heterocycles. The van der Waals surface area contributed by atoms with E-state index in [2.05, 4.69) is 26.6 Å². The first-order chi connectivity index (χ1) is 8.16. The first-order valence-electron chi connectivity index (χ1n) is 5.94. The van der Waals surface area contributed by atoms with Crippen LogP contribution in [0.1, 0.15) is 28.8 Å². The number of rotatable bonds is 2. The number of carbonyl (C=O) groups is 1. The lowest BCUT2D eigenvalue weighted by Gasteiger charge is -2.24. The van der Waals surface area contributed by atoms with E-state index in [4.69, 9.17) is 0 Å². The fraction of sp³-hybridized carbons (Fsp3) is 0.462. The van der Waals surface area contributed by atoms with Gasteiger partial charge in [0, 0.05) is 17.1 Å². The van der Waals surface area contributed by atoms with Gasteiger partial charge >= 0.3 is 0 Å². The van der Waals surface area contributed by atoms with E-state index in [9.17, 15) is 4.79 Å². The Morgan fingerprint density at radius 2 is 2.28 bits per heavy atom. The van der Waals surface area contributed by atoms with E-state index < -0.39 is 0 Å². The van der Waals surface area contributed by atoms with Gasteiger partial charge in [0.1, 0.15) is 0 Å². The van der Waals surface area contributed by atoms with Crippen molar-refractivity contribution in [2.75, 3.05) is 13.1 Å². The summed E-state index contributed by atoms with van der Waals surface area (Å²) < 4.78 is 0.860. The average molecular weight is 334 g/mol. The predicted molar refractivity (Wildman–Crippen MR) is 79.5 cm³/mol. The Bertz CT molecular complexity index is 419. The Morgan fingerprint density at radius 1 is 1.50 bits per heavy atom. The summed E-state index contributed by atoms with van der Waals surface area (Å²) in [5, 5.41) is 6.35. The summed E-state index contributed by atoms with van der Waals surface area (Å²) in [6, 6.07) is 6.04. The van der Waals surface area contributed by atoms with Crippen LogP contribution in [-0.2, 0) is 0 Å². The molecule has 0 bridgehead atoms. The molecule has 1 aromatic rings. The first kappa shape index (κ1) is 15.5. The third-order valence-electron chi connectivity index (χ3n) is 3.00. The van der Waals surface area contributed by atoms with E-state index in [-0.39, 0.29) is 24.4 Å². The van der Waals surface area contributed by atoms with E-state index in [1.54, 1.807) is 0 Å². The minimum atomic E-state index is 0. The lowest BCUT2D eigenvalue weighted by molar-refractivity contribution is 0.0930. The molecule has 1 aliphatic rings. The summed E-state index contributed by atoms with van der Waals surface area (Å²) in [6.45, 7) is 3.94. The van der Waals surface area contributed by atoms with Gasteiger partial charge in [-0.15, -0.1) is 12.4 Å². The zero-order valence-corrected chi connectivity index (χ0v) is 12.7. The highest BCUT2D eigenvalue weighted by Crippen LogP contribution is 2.18. The Balaban J connectivity index is 0.00000162. The van der Waals surface area contributed by atoms with Crippen LogP contribution < -0.4 is 10.6 Å². The molecule has 2 rings (SSSR count). The van der Waals surface area contributed by atoms with Gasteiger partial charge < -0.3 is 10.6 Å². The number of aryl methyl sites for hydroxylation is 1. The minimum Gasteiger partial charge on any atom is -0.348 e. The van der Waals surface area contributed by atoms with Gasteiger partial charge in [-0.2, -0.15) is 0 Å². The van der Waals surface area contributed by atoms with E-state index >= 15 is 0 Å². The number of hydrogen-bond donors (Lipinski definition) is 2. The largest absolute Gasteiger partial charge is 0.348 e. The molecule has 0 aromatic heterocycles. The zero-order valence-electron chi connectivity index (χ0n) is 10.3. The molecule has 3 nitrogen and oxygen atoms in total. The number of halogens is 2. The average Bonchev–Trinajstić information content (AvgIpc) is 2.30. The SMILES string of the molecule is Cc1ccc(C(=O)N[C@@H]2CCCNC2)c(Br)c1.Cl. The topological polar surface area (TPSA) is 41.1 Å². The third kappa shape index (κ3) is 3.97. The standard InChI is InChI=1S/C13H17BrN2O.ClH/c1-9-4-5-11(12(14)7-9)13(17)16-10-3-2-6-15-8-10;/h4-5,7,10,15H,2-3,6,8H2,1H3,(H,16,17);1H/t10-;/m1./s1. The van der Waals surface area contributed by atoms with Crippen molar-refractivity contribution in [3.63, 3.8) is 0 Å². The molecule has 1 amide bonds. The Hall–Kier alpha value is -0.580. The zero-order chi connectivity index (χ0) is 12.3. The second-order valence-electron chi connectivity index (χ2n) is 4.50. The normalized spacial score (nSPS) is 18.9. The summed E-state index contributed by atoms with van der Waals surface area (Å²) >= 11 is 3.44. The lowest BCUT2D eigenvalue weighted by Crippen LogP contribution is -2.45. The number of carbonyl (C=O) groups excluding carboxylic acids is 1. The minimum absolute atomic E-state index is 0. The number of benzene rings is 1. The molecule has 0 unspecified atom stereocenters. The van der Waals surface area contributed by atoms with Crippen molar-refractivity contribution in [3.8, 4) is 0 Å². The molecule has 0 spiro atoms. The number of nitrogens with one attached hydrogen (secondary N) is 2. The molecule has 1 aliphatic heterocycles. The lowest BCUT2D eigenvalue weighted by atomic mass is 10.1. The second-order valence-corrected chi connectivity index (χ2v) is 5.35. The first-order valence-corrected chi connectivity index (χ1v) is 6.74. The fourth-order valence-electron chi connectivity index (χ4n) is 2.04. The molecule has 2 N–H and O–H groups in total. The van der Waals surface area contributed by atoms with E-state index in [0.29, 0.717) is 5.56 Å². The van der Waals surface area contributed by atoms with Crippen LogP contribution in [0.2, 0.25) is 0 Å². The summed E-state index contributed by atoms with van der Waals surface area (Å²) in [4.78, 5) is 12.1. The van der Waals surface area contributed by atoms with Gasteiger partial charge in [0.25, 0.3) is 5.91 Å². The summed E-state index contributed by atoms with van der Waals surface area (Å²) in [7, 11) is 0. The second kappa shape index (κ2) is 7.12. The van der Waals surface area contributed by atoms with E-state index in [1.807, 2.05) is 25.1 Å². The molecule has 0 radical (unpaired) electrons. The van der Waals surface area contributed by atoms with E-state index in [0.717, 1.165) is 36.0 Å². The van der Waals surface area contributed by atoms with Crippen molar-refractivity contribution >= 4 is 34.2 Å². The third-order valence-corrected chi connectivity index (χ3v) is 3.66. The van der Waals surface area contributed by atoms with Crippen LogP contribution in [0.25, 0.3) is 0 Å². The molecule has 5 heteroatoms. The Morgan fingerprint density at radius 3 is 2.89 bits per heavy atom. The van der Waals surface area contributed by atoms with Crippen LogP contribution in [-0.4, -0.2) is 25.0 Å². The van der Waals surface area contributed by atoms with Crippen molar-refractivity contribution in [2.45, 2.75) is 25.8 Å². The smallest absolute Gasteiger partial charge is 0.252 e. The summed E-state index contributed by atoms with van der Waals surface area (Å²) in [5.41, 5.74) is 1.86. The van der Waals surface area contributed by atoms with E-state index in [1.165, 1.54) is 0 Å². The summed E-state index contributed by atoms with van der Waals surface area (Å²) in [5.74, 6) is 0.00516. The van der Waals surface area contributed by atoms with Crippen molar-refractivity contribution < 1.29 is 4.79 Å². The molecule has 1 fully saturated rings. The van der Waals surface area contributed by atoms with Gasteiger partial charge in [-0.25, -0.2) is 0 Å². The van der Waals surface area contributed by atoms with Gasteiger partial charge in [-0.05, 0) is 59.9 Å². The summed E-state index contributed by atoms with van der Waals surface area (Å²) in [6.07, 6.45) is 2.18. The predicted octanol–water partition coefficient (Wildman–Crippen LogP) is 2.66. The van der Waals surface area contributed by atoms with Crippen LogP contribution in [0.3, 0.4) is 0 Å².